The molecule has 0 radical (unpaired) electrons. The summed E-state index contributed by atoms with van der Waals surface area (Å²) in [6, 6.07) is 13.6. The fraction of sp³-hybridized carbons (Fsp3) is 0.111. The van der Waals surface area contributed by atoms with Crippen molar-refractivity contribution in [3.05, 3.63) is 70.9 Å². The minimum atomic E-state index is -0.355. The number of methoxy groups -OCH3 is 1. The van der Waals surface area contributed by atoms with Crippen molar-refractivity contribution in [2.75, 3.05) is 7.11 Å². The minimum Gasteiger partial charge on any atom is -0.364 e. The van der Waals surface area contributed by atoms with Crippen molar-refractivity contribution in [2.45, 2.75) is 6.73 Å². The van der Waals surface area contributed by atoms with Crippen molar-refractivity contribution in [3.8, 4) is 5.69 Å². The summed E-state index contributed by atoms with van der Waals surface area (Å²) in [6.45, 7) is 0.194. The Morgan fingerprint density at radius 1 is 1.12 bits per heavy atom. The van der Waals surface area contributed by atoms with Crippen LogP contribution in [0.2, 0.25) is 0 Å². The van der Waals surface area contributed by atoms with E-state index < -0.39 is 0 Å². The number of nitrogens with zero attached hydrogens (tertiary/aromatic N) is 3. The first-order chi connectivity index (χ1) is 11.7. The Labute approximate surface area is 136 Å². The lowest BCUT2D eigenvalue weighted by atomic mass is 10.2. The summed E-state index contributed by atoms with van der Waals surface area (Å²) in [5.41, 5.74) is 1.58. The van der Waals surface area contributed by atoms with Gasteiger partial charge >= 0.3 is 0 Å². The van der Waals surface area contributed by atoms with Crippen LogP contribution in [0.25, 0.3) is 27.5 Å². The van der Waals surface area contributed by atoms with E-state index in [9.17, 15) is 9.18 Å². The number of aromatic nitrogens is 3. The maximum atomic E-state index is 13.7. The molecule has 24 heavy (non-hydrogen) atoms. The molecular weight excluding hydrogens is 309 g/mol. The van der Waals surface area contributed by atoms with Gasteiger partial charge in [-0.1, -0.05) is 18.2 Å². The van der Waals surface area contributed by atoms with Crippen LogP contribution in [0.3, 0.4) is 0 Å². The van der Waals surface area contributed by atoms with E-state index in [1.54, 1.807) is 23.9 Å². The predicted molar refractivity (Wildman–Crippen MR) is 89.8 cm³/mol. The number of benzene rings is 2. The van der Waals surface area contributed by atoms with Crippen LogP contribution in [-0.4, -0.2) is 21.5 Å². The van der Waals surface area contributed by atoms with Crippen LogP contribution in [0.15, 0.2) is 59.5 Å². The molecule has 0 N–H and O–H groups in total. The van der Waals surface area contributed by atoms with E-state index >= 15 is 0 Å². The molecular formula is C18H14FN3O2. The van der Waals surface area contributed by atoms with Crippen molar-refractivity contribution in [2.24, 2.45) is 0 Å². The minimum absolute atomic E-state index is 0.194. The van der Waals surface area contributed by atoms with Crippen LogP contribution in [0, 0.1) is 5.82 Å². The van der Waals surface area contributed by atoms with Gasteiger partial charge in [0, 0.05) is 17.9 Å². The van der Waals surface area contributed by atoms with Crippen LogP contribution >= 0.6 is 0 Å². The molecule has 5 nitrogen and oxygen atoms in total. The molecule has 0 amide bonds. The third kappa shape index (κ3) is 2.11. The van der Waals surface area contributed by atoms with Gasteiger partial charge in [-0.15, -0.1) is 0 Å². The van der Waals surface area contributed by atoms with Crippen LogP contribution in [0.1, 0.15) is 0 Å². The van der Waals surface area contributed by atoms with Gasteiger partial charge in [0.2, 0.25) is 0 Å². The lowest BCUT2D eigenvalue weighted by Crippen LogP contribution is -2.23. The Balaban J connectivity index is 2.13. The van der Waals surface area contributed by atoms with E-state index in [4.69, 9.17) is 4.74 Å². The fourth-order valence-corrected chi connectivity index (χ4v) is 3.00. The van der Waals surface area contributed by atoms with Crippen molar-refractivity contribution < 1.29 is 9.13 Å². The molecule has 0 spiro atoms. The number of rotatable bonds is 3. The Bertz CT molecular complexity index is 1100. The number of fused-ring (bicyclic) bond motifs is 3. The summed E-state index contributed by atoms with van der Waals surface area (Å²) in [6.07, 6.45) is 1.59. The van der Waals surface area contributed by atoms with Crippen molar-refractivity contribution in [1.82, 2.24) is 14.3 Å². The molecule has 0 saturated carbocycles. The normalized spacial score (nSPS) is 11.4. The Morgan fingerprint density at radius 2 is 1.92 bits per heavy atom. The molecule has 0 aliphatic heterocycles. The second-order valence-corrected chi connectivity index (χ2v) is 5.47. The highest BCUT2D eigenvalue weighted by Crippen LogP contribution is 2.27. The van der Waals surface area contributed by atoms with Crippen molar-refractivity contribution in [1.29, 1.82) is 0 Å². The summed E-state index contributed by atoms with van der Waals surface area (Å²) in [5, 5.41) is 5.51. The first-order valence-corrected chi connectivity index (χ1v) is 7.45. The van der Waals surface area contributed by atoms with Crippen LogP contribution in [0.4, 0.5) is 4.39 Å². The van der Waals surface area contributed by atoms with Gasteiger partial charge < -0.3 is 9.30 Å². The van der Waals surface area contributed by atoms with Crippen molar-refractivity contribution in [3.63, 3.8) is 0 Å². The summed E-state index contributed by atoms with van der Waals surface area (Å²) in [5.74, 6) is -0.355. The quantitative estimate of drug-likeness (QED) is 0.582. The molecule has 0 saturated heterocycles. The summed E-state index contributed by atoms with van der Waals surface area (Å²) in [4.78, 5) is 13.0. The molecule has 4 aromatic rings. The summed E-state index contributed by atoms with van der Waals surface area (Å²) < 4.78 is 22.0. The highest BCUT2D eigenvalue weighted by molar-refractivity contribution is 6.07. The molecule has 4 rings (SSSR count). The van der Waals surface area contributed by atoms with Gasteiger partial charge in [-0.25, -0.2) is 4.39 Å². The van der Waals surface area contributed by atoms with Crippen molar-refractivity contribution >= 4 is 21.8 Å². The van der Waals surface area contributed by atoms with Gasteiger partial charge in [0.25, 0.3) is 5.56 Å². The largest absolute Gasteiger partial charge is 0.364 e. The molecule has 2 heterocycles. The molecule has 120 valence electrons. The number of hydrogen-bond donors (Lipinski definition) is 0. The molecule has 2 aromatic carbocycles. The summed E-state index contributed by atoms with van der Waals surface area (Å²) in [7, 11) is 1.55. The zero-order chi connectivity index (χ0) is 16.7. The molecule has 0 fully saturated rings. The molecule has 0 aliphatic rings. The third-order valence-electron chi connectivity index (χ3n) is 4.02. The van der Waals surface area contributed by atoms with Gasteiger partial charge in [-0.2, -0.15) is 9.78 Å². The Kier molecular flexibility index (Phi) is 3.39. The fourth-order valence-electron chi connectivity index (χ4n) is 3.00. The lowest BCUT2D eigenvalue weighted by molar-refractivity contribution is 0.138. The number of ether oxygens (including phenoxy) is 1. The Hall–Kier alpha value is -2.99. The third-order valence-corrected chi connectivity index (χ3v) is 4.02. The van der Waals surface area contributed by atoms with E-state index in [-0.39, 0.29) is 18.1 Å². The second-order valence-electron chi connectivity index (χ2n) is 5.47. The number of hydrogen-bond acceptors (Lipinski definition) is 3. The Morgan fingerprint density at radius 3 is 2.67 bits per heavy atom. The lowest BCUT2D eigenvalue weighted by Gasteiger charge is -2.07. The zero-order valence-corrected chi connectivity index (χ0v) is 12.9. The SMILES string of the molecule is COCn1c2ccc(F)cc2c2cnn(-c3ccccc3)c(=O)c21. The van der Waals surface area contributed by atoms with Gasteiger partial charge in [0.15, 0.2) is 0 Å². The first-order valence-electron chi connectivity index (χ1n) is 7.45. The molecule has 2 aromatic heterocycles. The molecule has 0 unspecified atom stereocenters. The van der Waals surface area contributed by atoms with Gasteiger partial charge in [0.1, 0.15) is 18.1 Å². The van der Waals surface area contributed by atoms with Gasteiger partial charge in [-0.3, -0.25) is 4.79 Å². The van der Waals surface area contributed by atoms with E-state index in [1.807, 2.05) is 30.3 Å². The topological polar surface area (TPSA) is 49.0 Å². The van der Waals surface area contributed by atoms with E-state index in [2.05, 4.69) is 5.10 Å². The smallest absolute Gasteiger partial charge is 0.296 e. The van der Waals surface area contributed by atoms with Gasteiger partial charge in [0.05, 0.1) is 17.4 Å². The highest BCUT2D eigenvalue weighted by Gasteiger charge is 2.17. The van der Waals surface area contributed by atoms with E-state index in [0.29, 0.717) is 22.0 Å². The highest BCUT2D eigenvalue weighted by atomic mass is 19.1. The number of para-hydroxylation sites is 1. The van der Waals surface area contributed by atoms with Gasteiger partial charge in [-0.05, 0) is 30.3 Å². The maximum absolute atomic E-state index is 13.7. The van der Waals surface area contributed by atoms with E-state index in [1.165, 1.54) is 16.8 Å². The second kappa shape index (κ2) is 5.58. The first kappa shape index (κ1) is 14.6. The summed E-state index contributed by atoms with van der Waals surface area (Å²) >= 11 is 0. The molecule has 6 heteroatoms. The molecule has 0 atom stereocenters. The van der Waals surface area contributed by atoms with Crippen LogP contribution < -0.4 is 5.56 Å². The average Bonchev–Trinajstić information content (AvgIpc) is 2.90. The van der Waals surface area contributed by atoms with E-state index in [0.717, 1.165) is 5.52 Å². The standard InChI is InChI=1S/C18H14FN3O2/c1-24-11-21-16-8-7-12(19)9-14(16)15-10-20-22(18(23)17(15)21)13-5-3-2-4-6-13/h2-10H,11H2,1H3. The van der Waals surface area contributed by atoms with Crippen LogP contribution in [-0.2, 0) is 11.5 Å². The predicted octanol–water partition coefficient (Wildman–Crippen LogP) is 3.08. The molecule has 0 aliphatic carbocycles. The maximum Gasteiger partial charge on any atom is 0.296 e. The zero-order valence-electron chi connectivity index (χ0n) is 12.9. The van der Waals surface area contributed by atoms with Crippen LogP contribution in [0.5, 0.6) is 0 Å². The molecule has 0 bridgehead atoms. The number of halogens is 1. The monoisotopic (exact) mass is 323 g/mol. The average molecular weight is 323 g/mol.